The molecular formula is C12H16F3NO2. The van der Waals surface area contributed by atoms with Gasteiger partial charge in [0.25, 0.3) is 0 Å². The van der Waals surface area contributed by atoms with Gasteiger partial charge in [0.2, 0.25) is 0 Å². The highest BCUT2D eigenvalue weighted by molar-refractivity contribution is 5.46. The molecule has 1 atom stereocenters. The largest absolute Gasteiger partial charge is 0.496 e. The fraction of sp³-hybridized carbons (Fsp3) is 0.500. The first-order valence-corrected chi connectivity index (χ1v) is 5.47. The van der Waals surface area contributed by atoms with Crippen LogP contribution in [0.25, 0.3) is 0 Å². The zero-order valence-corrected chi connectivity index (χ0v) is 10.3. The molecular weight excluding hydrogens is 247 g/mol. The molecule has 0 bridgehead atoms. The molecule has 1 aromatic carbocycles. The number of hydrogen-bond acceptors (Lipinski definition) is 3. The number of halogens is 3. The Morgan fingerprint density at radius 1 is 1.28 bits per heavy atom. The summed E-state index contributed by atoms with van der Waals surface area (Å²) in [6.07, 6.45) is -5.23. The highest BCUT2D eigenvalue weighted by Crippen LogP contribution is 2.33. The lowest BCUT2D eigenvalue weighted by Crippen LogP contribution is -2.15. The van der Waals surface area contributed by atoms with Crippen molar-refractivity contribution >= 4 is 0 Å². The smallest absolute Gasteiger partial charge is 0.392 e. The molecule has 0 unspecified atom stereocenters. The Morgan fingerprint density at radius 2 is 1.89 bits per heavy atom. The first-order chi connectivity index (χ1) is 8.35. The second-order valence-electron chi connectivity index (χ2n) is 3.87. The monoisotopic (exact) mass is 263 g/mol. The van der Waals surface area contributed by atoms with Crippen molar-refractivity contribution in [1.29, 1.82) is 0 Å². The van der Waals surface area contributed by atoms with E-state index in [4.69, 9.17) is 15.2 Å². The van der Waals surface area contributed by atoms with Crippen LogP contribution in [0.15, 0.2) is 18.2 Å². The van der Waals surface area contributed by atoms with Gasteiger partial charge in [-0.2, -0.15) is 13.2 Å². The minimum atomic E-state index is -4.23. The Kier molecular flexibility index (Phi) is 4.84. The van der Waals surface area contributed by atoms with Crippen molar-refractivity contribution < 1.29 is 22.6 Å². The first kappa shape index (κ1) is 14.6. The third-order valence-electron chi connectivity index (χ3n) is 2.34. The molecule has 0 fully saturated rings. The Hall–Kier alpha value is -1.43. The Balaban J connectivity index is 2.82. The molecule has 0 aliphatic heterocycles. The first-order valence-electron chi connectivity index (χ1n) is 5.47. The van der Waals surface area contributed by atoms with Crippen molar-refractivity contribution in [2.45, 2.75) is 25.6 Å². The van der Waals surface area contributed by atoms with Crippen LogP contribution in [0.1, 0.15) is 24.9 Å². The number of ether oxygens (including phenoxy) is 2. The van der Waals surface area contributed by atoms with E-state index < -0.39 is 19.2 Å². The molecule has 18 heavy (non-hydrogen) atoms. The van der Waals surface area contributed by atoms with E-state index in [2.05, 4.69) is 0 Å². The van der Waals surface area contributed by atoms with Crippen molar-refractivity contribution in [3.63, 3.8) is 0 Å². The van der Waals surface area contributed by atoms with E-state index in [1.54, 1.807) is 25.1 Å². The topological polar surface area (TPSA) is 44.5 Å². The Labute approximate surface area is 104 Å². The van der Waals surface area contributed by atoms with Crippen LogP contribution < -0.4 is 15.2 Å². The molecule has 0 aromatic heterocycles. The zero-order chi connectivity index (χ0) is 13.8. The third-order valence-corrected chi connectivity index (χ3v) is 2.34. The van der Waals surface area contributed by atoms with Crippen LogP contribution in [0.3, 0.4) is 0 Å². The number of nitrogens with two attached hydrogens (primary N) is 1. The quantitative estimate of drug-likeness (QED) is 0.888. The summed E-state index contributed by atoms with van der Waals surface area (Å²) < 4.78 is 46.3. The van der Waals surface area contributed by atoms with Gasteiger partial charge in [-0.05, 0) is 19.1 Å². The molecule has 1 aromatic rings. The number of hydrogen-bond donors (Lipinski definition) is 1. The third kappa shape index (κ3) is 4.10. The molecule has 2 N–H and O–H groups in total. The highest BCUT2D eigenvalue weighted by atomic mass is 19.4. The molecule has 0 heterocycles. The molecule has 102 valence electrons. The normalized spacial score (nSPS) is 13.2. The van der Waals surface area contributed by atoms with E-state index in [-0.39, 0.29) is 6.04 Å². The van der Waals surface area contributed by atoms with Crippen molar-refractivity contribution in [1.82, 2.24) is 0 Å². The maximum absolute atomic E-state index is 12.0. The van der Waals surface area contributed by atoms with Gasteiger partial charge in [-0.3, -0.25) is 0 Å². The molecule has 0 saturated carbocycles. The van der Waals surface area contributed by atoms with Gasteiger partial charge in [0, 0.05) is 6.04 Å². The summed E-state index contributed by atoms with van der Waals surface area (Å²) in [5, 5.41) is 0. The van der Waals surface area contributed by atoms with E-state index in [1.807, 2.05) is 0 Å². The summed E-state index contributed by atoms with van der Waals surface area (Å²) in [6, 6.07) is 4.53. The van der Waals surface area contributed by atoms with Gasteiger partial charge in [0.1, 0.15) is 11.5 Å². The number of methoxy groups -OCH3 is 1. The second kappa shape index (κ2) is 5.95. The lowest BCUT2D eigenvalue weighted by molar-refractivity contribution is -0.139. The average Bonchev–Trinajstić information content (AvgIpc) is 2.26. The molecule has 0 saturated heterocycles. The molecule has 0 radical (unpaired) electrons. The molecule has 3 nitrogen and oxygen atoms in total. The van der Waals surface area contributed by atoms with Gasteiger partial charge in [0.15, 0.2) is 0 Å². The standard InChI is InChI=1S/C12H16F3NO2/c1-8(16)11-9(17-2)4-3-5-10(11)18-7-6-12(13,14)15/h3-5,8H,6-7,16H2,1-2H3/t8-/m1/s1. The van der Waals surface area contributed by atoms with Crippen LogP contribution in [0.2, 0.25) is 0 Å². The second-order valence-corrected chi connectivity index (χ2v) is 3.87. The molecule has 0 spiro atoms. The molecule has 0 aliphatic carbocycles. The van der Waals surface area contributed by atoms with Crippen molar-refractivity contribution in [3.05, 3.63) is 23.8 Å². The van der Waals surface area contributed by atoms with Crippen molar-refractivity contribution in [3.8, 4) is 11.5 Å². The summed E-state index contributed by atoms with van der Waals surface area (Å²) in [7, 11) is 1.47. The van der Waals surface area contributed by atoms with E-state index in [0.29, 0.717) is 17.1 Å². The summed E-state index contributed by atoms with van der Waals surface area (Å²) in [4.78, 5) is 0. The SMILES string of the molecule is COc1cccc(OCCC(F)(F)F)c1[C@@H](C)N. The Bertz CT molecular complexity index is 391. The van der Waals surface area contributed by atoms with Gasteiger partial charge in [0.05, 0.1) is 25.7 Å². The van der Waals surface area contributed by atoms with E-state index in [1.165, 1.54) is 7.11 Å². The zero-order valence-electron chi connectivity index (χ0n) is 10.3. The molecule has 0 aliphatic rings. The van der Waals surface area contributed by atoms with Crippen LogP contribution in [-0.4, -0.2) is 19.9 Å². The Morgan fingerprint density at radius 3 is 2.39 bits per heavy atom. The number of benzene rings is 1. The van der Waals surface area contributed by atoms with Gasteiger partial charge >= 0.3 is 6.18 Å². The van der Waals surface area contributed by atoms with Crippen LogP contribution in [0.4, 0.5) is 13.2 Å². The van der Waals surface area contributed by atoms with Gasteiger partial charge in [-0.15, -0.1) is 0 Å². The summed E-state index contributed by atoms with van der Waals surface area (Å²) in [6.45, 7) is 1.28. The van der Waals surface area contributed by atoms with Crippen molar-refractivity contribution in [2.75, 3.05) is 13.7 Å². The summed E-state index contributed by atoms with van der Waals surface area (Å²) in [5.74, 6) is 0.836. The van der Waals surface area contributed by atoms with Crippen LogP contribution in [0.5, 0.6) is 11.5 Å². The van der Waals surface area contributed by atoms with E-state index >= 15 is 0 Å². The maximum atomic E-state index is 12.0. The predicted molar refractivity (Wildman–Crippen MR) is 61.8 cm³/mol. The minimum Gasteiger partial charge on any atom is -0.496 e. The maximum Gasteiger partial charge on any atom is 0.392 e. The van der Waals surface area contributed by atoms with Crippen molar-refractivity contribution in [2.24, 2.45) is 5.73 Å². The average molecular weight is 263 g/mol. The fourth-order valence-electron chi connectivity index (χ4n) is 1.55. The predicted octanol–water partition coefficient (Wildman–Crippen LogP) is 3.05. The highest BCUT2D eigenvalue weighted by Gasteiger charge is 2.27. The van der Waals surface area contributed by atoms with Gasteiger partial charge < -0.3 is 15.2 Å². The summed E-state index contributed by atoms with van der Waals surface area (Å²) in [5.41, 5.74) is 6.34. The lowest BCUT2D eigenvalue weighted by atomic mass is 10.1. The van der Waals surface area contributed by atoms with E-state index in [0.717, 1.165) is 0 Å². The summed E-state index contributed by atoms with van der Waals surface area (Å²) >= 11 is 0. The molecule has 0 amide bonds. The van der Waals surface area contributed by atoms with Crippen LogP contribution in [0, 0.1) is 0 Å². The molecule has 1 rings (SSSR count). The lowest BCUT2D eigenvalue weighted by Gasteiger charge is -2.17. The van der Waals surface area contributed by atoms with Gasteiger partial charge in [-0.25, -0.2) is 0 Å². The van der Waals surface area contributed by atoms with Crippen LogP contribution >= 0.6 is 0 Å². The number of alkyl halides is 3. The molecule has 6 heteroatoms. The fourth-order valence-corrected chi connectivity index (χ4v) is 1.55. The number of rotatable bonds is 5. The van der Waals surface area contributed by atoms with Gasteiger partial charge in [-0.1, -0.05) is 6.07 Å². The van der Waals surface area contributed by atoms with E-state index in [9.17, 15) is 13.2 Å². The minimum absolute atomic E-state index is 0.327. The van der Waals surface area contributed by atoms with Crippen LogP contribution in [-0.2, 0) is 0 Å².